The van der Waals surface area contributed by atoms with Crippen molar-refractivity contribution in [3.8, 4) is 0 Å². The summed E-state index contributed by atoms with van der Waals surface area (Å²) in [6.07, 6.45) is 3.25. The molecule has 4 N–H and O–H groups in total. The highest BCUT2D eigenvalue weighted by Gasteiger charge is 2.29. The SMILES string of the molecule is CCN(OC(=O)[C@@H](N)CO)[C@@H](Cc1ccncc1)C(=O)O. The number of carboxylic acid groups (broad SMARTS) is 1. The number of aromatic nitrogens is 1. The summed E-state index contributed by atoms with van der Waals surface area (Å²) in [6.45, 7) is 1.25. The molecular weight excluding hydrogens is 278 g/mol. The standard InChI is InChI=1S/C13H19N3O5/c1-2-16(21-13(20)10(14)8-17)11(12(18)19)7-9-3-5-15-6-4-9/h3-6,10-11,17H,2,7-8,14H2,1H3,(H,18,19)/t10-,11-/m0/s1. The van der Waals surface area contributed by atoms with Crippen LogP contribution in [0.1, 0.15) is 12.5 Å². The van der Waals surface area contributed by atoms with Crippen LogP contribution < -0.4 is 5.73 Å². The first-order valence-electron chi connectivity index (χ1n) is 6.46. The summed E-state index contributed by atoms with van der Waals surface area (Å²) in [5, 5.41) is 19.2. The van der Waals surface area contributed by atoms with Crippen LogP contribution in [0.3, 0.4) is 0 Å². The van der Waals surface area contributed by atoms with Crippen molar-refractivity contribution in [1.82, 2.24) is 10.0 Å². The van der Waals surface area contributed by atoms with E-state index in [2.05, 4.69) is 4.98 Å². The molecule has 1 rings (SSSR count). The molecule has 1 heterocycles. The molecule has 8 heteroatoms. The summed E-state index contributed by atoms with van der Waals surface area (Å²) in [5.41, 5.74) is 6.09. The van der Waals surface area contributed by atoms with E-state index in [4.69, 9.17) is 15.7 Å². The second kappa shape index (κ2) is 8.30. The van der Waals surface area contributed by atoms with Gasteiger partial charge in [0, 0.05) is 25.4 Å². The zero-order chi connectivity index (χ0) is 15.8. The summed E-state index contributed by atoms with van der Waals surface area (Å²) in [7, 11) is 0. The third-order valence-electron chi connectivity index (χ3n) is 2.83. The quantitative estimate of drug-likeness (QED) is 0.531. The van der Waals surface area contributed by atoms with E-state index in [-0.39, 0.29) is 13.0 Å². The number of aliphatic hydroxyl groups excluding tert-OH is 1. The van der Waals surface area contributed by atoms with Gasteiger partial charge in [0.15, 0.2) is 0 Å². The Morgan fingerprint density at radius 2 is 2.05 bits per heavy atom. The van der Waals surface area contributed by atoms with Gasteiger partial charge in [-0.15, -0.1) is 5.06 Å². The lowest BCUT2D eigenvalue weighted by Crippen LogP contribution is -2.47. The molecule has 0 radical (unpaired) electrons. The van der Waals surface area contributed by atoms with Crippen molar-refractivity contribution in [2.75, 3.05) is 13.2 Å². The van der Waals surface area contributed by atoms with E-state index < -0.39 is 30.6 Å². The molecule has 0 bridgehead atoms. The minimum atomic E-state index is -1.20. The maximum atomic E-state index is 11.6. The maximum Gasteiger partial charge on any atom is 0.344 e. The smallest absolute Gasteiger partial charge is 0.344 e. The molecule has 0 saturated heterocycles. The number of hydroxylamine groups is 2. The molecular formula is C13H19N3O5. The summed E-state index contributed by atoms with van der Waals surface area (Å²) in [4.78, 5) is 31.8. The highest BCUT2D eigenvalue weighted by Crippen LogP contribution is 2.10. The van der Waals surface area contributed by atoms with Crippen LogP contribution in [0, 0.1) is 0 Å². The number of nitrogens with two attached hydrogens (primary N) is 1. The summed E-state index contributed by atoms with van der Waals surface area (Å²) in [5.74, 6) is -2.00. The average molecular weight is 297 g/mol. The molecule has 116 valence electrons. The Balaban J connectivity index is 2.81. The van der Waals surface area contributed by atoms with E-state index in [0.29, 0.717) is 0 Å². The number of hydrogen-bond donors (Lipinski definition) is 3. The number of carbonyl (C=O) groups is 2. The molecule has 0 spiro atoms. The van der Waals surface area contributed by atoms with Gasteiger partial charge in [-0.25, -0.2) is 4.79 Å². The van der Waals surface area contributed by atoms with Gasteiger partial charge >= 0.3 is 11.9 Å². The van der Waals surface area contributed by atoms with Crippen LogP contribution in [0.4, 0.5) is 0 Å². The van der Waals surface area contributed by atoms with Gasteiger partial charge in [-0.1, -0.05) is 0 Å². The van der Waals surface area contributed by atoms with Crippen LogP contribution in [-0.2, 0) is 20.8 Å². The lowest BCUT2D eigenvalue weighted by molar-refractivity contribution is -0.207. The minimum Gasteiger partial charge on any atom is -0.480 e. The molecule has 1 aromatic heterocycles. The number of pyridine rings is 1. The summed E-state index contributed by atoms with van der Waals surface area (Å²) >= 11 is 0. The molecule has 0 aliphatic carbocycles. The van der Waals surface area contributed by atoms with E-state index in [1.54, 1.807) is 31.5 Å². The van der Waals surface area contributed by atoms with E-state index in [1.807, 2.05) is 0 Å². The molecule has 1 aromatic rings. The largest absolute Gasteiger partial charge is 0.480 e. The first-order valence-corrected chi connectivity index (χ1v) is 6.46. The zero-order valence-corrected chi connectivity index (χ0v) is 11.7. The average Bonchev–Trinajstić information content (AvgIpc) is 2.50. The second-order valence-corrected chi connectivity index (χ2v) is 4.35. The Labute approximate surface area is 122 Å². The minimum absolute atomic E-state index is 0.146. The molecule has 0 aliphatic rings. The van der Waals surface area contributed by atoms with Crippen molar-refractivity contribution in [3.63, 3.8) is 0 Å². The Morgan fingerprint density at radius 1 is 1.43 bits per heavy atom. The van der Waals surface area contributed by atoms with Crippen molar-refractivity contribution < 1.29 is 24.6 Å². The van der Waals surface area contributed by atoms with Crippen molar-refractivity contribution in [2.24, 2.45) is 5.73 Å². The molecule has 2 atom stereocenters. The van der Waals surface area contributed by atoms with Crippen LogP contribution >= 0.6 is 0 Å². The third kappa shape index (κ3) is 5.10. The lowest BCUT2D eigenvalue weighted by Gasteiger charge is -2.26. The highest BCUT2D eigenvalue weighted by molar-refractivity contribution is 5.77. The van der Waals surface area contributed by atoms with Gasteiger partial charge in [0.1, 0.15) is 12.1 Å². The molecule has 0 saturated carbocycles. The van der Waals surface area contributed by atoms with Crippen LogP contribution in [-0.4, -0.2) is 57.4 Å². The molecule has 0 aromatic carbocycles. The number of aliphatic hydroxyl groups is 1. The highest BCUT2D eigenvalue weighted by atomic mass is 16.7. The molecule has 0 amide bonds. The van der Waals surface area contributed by atoms with Crippen LogP contribution in [0.15, 0.2) is 24.5 Å². The van der Waals surface area contributed by atoms with Crippen LogP contribution in [0.25, 0.3) is 0 Å². The van der Waals surface area contributed by atoms with Gasteiger partial charge < -0.3 is 20.8 Å². The molecule has 0 aliphatic heterocycles. The predicted octanol–water partition coefficient (Wildman–Crippen LogP) is -0.823. The van der Waals surface area contributed by atoms with Gasteiger partial charge in [0.25, 0.3) is 0 Å². The number of hydrogen-bond acceptors (Lipinski definition) is 7. The Hall–Kier alpha value is -2.03. The fraction of sp³-hybridized carbons (Fsp3) is 0.462. The molecule has 8 nitrogen and oxygen atoms in total. The van der Waals surface area contributed by atoms with Gasteiger partial charge in [-0.2, -0.15) is 0 Å². The van der Waals surface area contributed by atoms with Gasteiger partial charge in [0.05, 0.1) is 6.61 Å². The summed E-state index contributed by atoms with van der Waals surface area (Å²) < 4.78 is 0. The van der Waals surface area contributed by atoms with Crippen molar-refractivity contribution in [3.05, 3.63) is 30.1 Å². The normalized spacial score (nSPS) is 13.7. The fourth-order valence-corrected chi connectivity index (χ4v) is 1.66. The van der Waals surface area contributed by atoms with Gasteiger partial charge in [-0.3, -0.25) is 9.78 Å². The Morgan fingerprint density at radius 3 is 2.52 bits per heavy atom. The monoisotopic (exact) mass is 297 g/mol. The zero-order valence-electron chi connectivity index (χ0n) is 11.7. The van der Waals surface area contributed by atoms with E-state index in [0.717, 1.165) is 10.6 Å². The molecule has 21 heavy (non-hydrogen) atoms. The number of likely N-dealkylation sites (N-methyl/N-ethyl adjacent to an activating group) is 1. The first kappa shape index (κ1) is 17.0. The molecule has 0 unspecified atom stereocenters. The van der Waals surface area contributed by atoms with Gasteiger partial charge in [0.2, 0.25) is 0 Å². The topological polar surface area (TPSA) is 126 Å². The van der Waals surface area contributed by atoms with Gasteiger partial charge in [-0.05, 0) is 24.6 Å². The van der Waals surface area contributed by atoms with Crippen molar-refractivity contribution >= 4 is 11.9 Å². The Bertz CT molecular complexity index is 468. The number of carboxylic acids is 1. The third-order valence-corrected chi connectivity index (χ3v) is 2.83. The first-order chi connectivity index (χ1) is 9.99. The van der Waals surface area contributed by atoms with Crippen LogP contribution in [0.2, 0.25) is 0 Å². The number of carbonyl (C=O) groups excluding carboxylic acids is 1. The fourth-order valence-electron chi connectivity index (χ4n) is 1.66. The van der Waals surface area contributed by atoms with E-state index in [1.165, 1.54) is 0 Å². The van der Waals surface area contributed by atoms with Crippen LogP contribution in [0.5, 0.6) is 0 Å². The maximum absolute atomic E-state index is 11.6. The van der Waals surface area contributed by atoms with E-state index in [9.17, 15) is 14.7 Å². The Kier molecular flexibility index (Phi) is 6.73. The molecule has 0 fully saturated rings. The number of rotatable bonds is 8. The predicted molar refractivity (Wildman–Crippen MR) is 72.9 cm³/mol. The lowest BCUT2D eigenvalue weighted by atomic mass is 10.1. The number of aliphatic carboxylic acids is 1. The van der Waals surface area contributed by atoms with Crippen molar-refractivity contribution in [2.45, 2.75) is 25.4 Å². The van der Waals surface area contributed by atoms with E-state index >= 15 is 0 Å². The second-order valence-electron chi connectivity index (χ2n) is 4.35. The summed E-state index contributed by atoms with van der Waals surface area (Å²) in [6, 6.07) is 1.12. The van der Waals surface area contributed by atoms with Crippen molar-refractivity contribution in [1.29, 1.82) is 0 Å². The number of nitrogens with zero attached hydrogens (tertiary/aromatic N) is 2.